The fourth-order valence-corrected chi connectivity index (χ4v) is 1.81. The summed E-state index contributed by atoms with van der Waals surface area (Å²) < 4.78 is 4.90. The van der Waals surface area contributed by atoms with Crippen LogP contribution in [0.1, 0.15) is 13.3 Å². The summed E-state index contributed by atoms with van der Waals surface area (Å²) in [6.07, 6.45) is -7.28. The standard InChI is InChI=1S/C12H21NO9/c1-5(15)13-9(11(19)10(18)7(17)4-14)8(22-2)3-6(16)12(20)21/h7-11,14,17-19H,3-4H2,1-2H3,(H,13,15)(H,20,21)/t7?,8?,9-,10?,11+/m1/s1. The fourth-order valence-electron chi connectivity index (χ4n) is 1.81. The van der Waals surface area contributed by atoms with Gasteiger partial charge in [0.05, 0.1) is 18.8 Å². The van der Waals surface area contributed by atoms with Crippen LogP contribution in [-0.2, 0) is 19.1 Å². The third-order valence-corrected chi connectivity index (χ3v) is 3.00. The zero-order valence-corrected chi connectivity index (χ0v) is 12.2. The van der Waals surface area contributed by atoms with Gasteiger partial charge < -0.3 is 35.6 Å². The number of carboxylic acid groups (broad SMARTS) is 1. The Balaban J connectivity index is 5.25. The number of carbonyl (C=O) groups excluding carboxylic acids is 2. The summed E-state index contributed by atoms with van der Waals surface area (Å²) >= 11 is 0. The van der Waals surface area contributed by atoms with Crippen LogP contribution in [0.5, 0.6) is 0 Å². The van der Waals surface area contributed by atoms with Gasteiger partial charge in [0.2, 0.25) is 11.7 Å². The van der Waals surface area contributed by atoms with Crippen molar-refractivity contribution in [1.29, 1.82) is 0 Å². The number of aliphatic hydroxyl groups excluding tert-OH is 4. The first-order valence-electron chi connectivity index (χ1n) is 6.36. The minimum absolute atomic E-state index is 0.639. The van der Waals surface area contributed by atoms with Crippen molar-refractivity contribution in [3.63, 3.8) is 0 Å². The van der Waals surface area contributed by atoms with Crippen LogP contribution in [0.15, 0.2) is 0 Å². The number of carboxylic acids is 1. The van der Waals surface area contributed by atoms with Crippen LogP contribution in [-0.4, -0.2) is 87.4 Å². The molecule has 0 saturated heterocycles. The third-order valence-electron chi connectivity index (χ3n) is 3.00. The van der Waals surface area contributed by atoms with E-state index >= 15 is 0 Å². The van der Waals surface area contributed by atoms with Gasteiger partial charge in [0.15, 0.2) is 0 Å². The number of ether oxygens (including phenoxy) is 1. The SMILES string of the molecule is COC(CC(=O)C(=O)O)[C@@H](NC(C)=O)[C@H](O)C(O)C(O)CO. The largest absolute Gasteiger partial charge is 0.475 e. The van der Waals surface area contributed by atoms with Gasteiger partial charge >= 0.3 is 5.97 Å². The number of nitrogens with one attached hydrogen (secondary N) is 1. The van der Waals surface area contributed by atoms with Gasteiger partial charge in [-0.3, -0.25) is 9.59 Å². The van der Waals surface area contributed by atoms with E-state index in [1.54, 1.807) is 0 Å². The van der Waals surface area contributed by atoms with Crippen molar-refractivity contribution >= 4 is 17.7 Å². The number of aliphatic carboxylic acids is 1. The van der Waals surface area contributed by atoms with E-state index in [1.807, 2.05) is 0 Å². The van der Waals surface area contributed by atoms with Crippen LogP contribution in [0.3, 0.4) is 0 Å². The summed E-state index contributed by atoms with van der Waals surface area (Å²) in [6.45, 7) is 0.247. The minimum atomic E-state index is -1.85. The molecule has 1 amide bonds. The van der Waals surface area contributed by atoms with Crippen LogP contribution in [0.4, 0.5) is 0 Å². The second kappa shape index (κ2) is 9.43. The monoisotopic (exact) mass is 323 g/mol. The van der Waals surface area contributed by atoms with Gasteiger partial charge in [0, 0.05) is 20.5 Å². The Morgan fingerprint density at radius 3 is 2.05 bits per heavy atom. The Morgan fingerprint density at radius 2 is 1.68 bits per heavy atom. The number of hydrogen-bond donors (Lipinski definition) is 6. The summed E-state index contributed by atoms with van der Waals surface area (Å²) in [7, 11) is 1.12. The van der Waals surface area contributed by atoms with E-state index < -0.39 is 61.1 Å². The second-order valence-electron chi connectivity index (χ2n) is 4.66. The lowest BCUT2D eigenvalue weighted by Gasteiger charge is -2.33. The van der Waals surface area contributed by atoms with E-state index in [-0.39, 0.29) is 0 Å². The van der Waals surface area contributed by atoms with E-state index in [9.17, 15) is 29.7 Å². The molecule has 0 fully saturated rings. The lowest BCUT2D eigenvalue weighted by atomic mass is 9.94. The number of carbonyl (C=O) groups is 3. The summed E-state index contributed by atoms with van der Waals surface area (Å²) in [6, 6.07) is -1.37. The molecule has 0 rings (SSSR count). The molecule has 0 aromatic heterocycles. The molecule has 0 aliphatic rings. The van der Waals surface area contributed by atoms with E-state index in [0.29, 0.717) is 0 Å². The summed E-state index contributed by atoms with van der Waals surface area (Å²) in [4.78, 5) is 33.0. The highest BCUT2D eigenvalue weighted by molar-refractivity contribution is 6.32. The lowest BCUT2D eigenvalue weighted by molar-refractivity contribution is -0.151. The number of aliphatic hydroxyl groups is 4. The quantitative estimate of drug-likeness (QED) is 0.224. The van der Waals surface area contributed by atoms with Crippen LogP contribution in [0.25, 0.3) is 0 Å². The number of Topliss-reactive ketones (excluding diaryl/α,β-unsaturated/α-hetero) is 1. The molecule has 0 heterocycles. The van der Waals surface area contributed by atoms with E-state index in [2.05, 4.69) is 5.32 Å². The van der Waals surface area contributed by atoms with Gasteiger partial charge in [0.1, 0.15) is 18.3 Å². The number of methoxy groups -OCH3 is 1. The second-order valence-corrected chi connectivity index (χ2v) is 4.66. The Kier molecular flexibility index (Phi) is 8.75. The first-order chi connectivity index (χ1) is 10.1. The van der Waals surface area contributed by atoms with Gasteiger partial charge in [-0.25, -0.2) is 4.79 Å². The molecule has 0 spiro atoms. The summed E-state index contributed by atoms with van der Waals surface area (Å²) in [5.74, 6) is -3.57. The zero-order chi connectivity index (χ0) is 17.4. The third kappa shape index (κ3) is 6.03. The highest BCUT2D eigenvalue weighted by Gasteiger charge is 2.38. The molecule has 0 bridgehead atoms. The Labute approximate surface area is 126 Å². The molecule has 10 nitrogen and oxygen atoms in total. The maximum atomic E-state index is 11.3. The van der Waals surface area contributed by atoms with Crippen molar-refractivity contribution in [2.24, 2.45) is 0 Å². The Hall–Kier alpha value is -1.59. The molecule has 0 aliphatic carbocycles. The predicted octanol–water partition coefficient (Wildman–Crippen LogP) is -3.38. The number of ketones is 1. The molecule has 22 heavy (non-hydrogen) atoms. The highest BCUT2D eigenvalue weighted by atomic mass is 16.5. The van der Waals surface area contributed by atoms with Crippen LogP contribution in [0, 0.1) is 0 Å². The van der Waals surface area contributed by atoms with Gasteiger partial charge in [0.25, 0.3) is 0 Å². The van der Waals surface area contributed by atoms with Crippen LogP contribution in [0.2, 0.25) is 0 Å². The van der Waals surface area contributed by atoms with Crippen LogP contribution >= 0.6 is 0 Å². The van der Waals surface area contributed by atoms with Crippen molar-refractivity contribution in [2.45, 2.75) is 43.8 Å². The minimum Gasteiger partial charge on any atom is -0.475 e. The molecule has 0 saturated carbocycles. The molecule has 5 atom stereocenters. The average molecular weight is 323 g/mol. The van der Waals surface area contributed by atoms with Gasteiger partial charge in [-0.1, -0.05) is 0 Å². The van der Waals surface area contributed by atoms with Crippen LogP contribution < -0.4 is 5.32 Å². The Morgan fingerprint density at radius 1 is 1.14 bits per heavy atom. The molecule has 0 aliphatic heterocycles. The molecule has 0 aromatic rings. The molecule has 3 unspecified atom stereocenters. The first kappa shape index (κ1) is 20.4. The molecule has 0 radical (unpaired) electrons. The fraction of sp³-hybridized carbons (Fsp3) is 0.750. The zero-order valence-electron chi connectivity index (χ0n) is 12.2. The van der Waals surface area contributed by atoms with Gasteiger partial charge in [-0.2, -0.15) is 0 Å². The van der Waals surface area contributed by atoms with Crippen molar-refractivity contribution in [3.8, 4) is 0 Å². The molecule has 10 heteroatoms. The number of rotatable bonds is 10. The maximum Gasteiger partial charge on any atom is 0.372 e. The van der Waals surface area contributed by atoms with E-state index in [0.717, 1.165) is 14.0 Å². The average Bonchev–Trinajstić information content (AvgIpc) is 2.47. The van der Waals surface area contributed by atoms with Crippen molar-refractivity contribution in [2.75, 3.05) is 13.7 Å². The summed E-state index contributed by atoms with van der Waals surface area (Å²) in [5, 5.41) is 48.6. The maximum absolute atomic E-state index is 11.3. The number of hydrogen-bond acceptors (Lipinski definition) is 8. The van der Waals surface area contributed by atoms with Crippen molar-refractivity contribution in [3.05, 3.63) is 0 Å². The van der Waals surface area contributed by atoms with E-state index in [1.165, 1.54) is 0 Å². The summed E-state index contributed by atoms with van der Waals surface area (Å²) in [5.41, 5.74) is 0. The van der Waals surface area contributed by atoms with E-state index in [4.69, 9.17) is 14.9 Å². The molecular weight excluding hydrogens is 302 g/mol. The molecule has 6 N–H and O–H groups in total. The van der Waals surface area contributed by atoms with Crippen molar-refractivity contribution < 1.29 is 44.7 Å². The highest BCUT2D eigenvalue weighted by Crippen LogP contribution is 2.14. The predicted molar refractivity (Wildman–Crippen MR) is 70.8 cm³/mol. The topological polar surface area (TPSA) is 174 Å². The smallest absolute Gasteiger partial charge is 0.372 e. The molecular formula is C12H21NO9. The van der Waals surface area contributed by atoms with Gasteiger partial charge in [-0.15, -0.1) is 0 Å². The van der Waals surface area contributed by atoms with Gasteiger partial charge in [-0.05, 0) is 0 Å². The van der Waals surface area contributed by atoms with Crippen molar-refractivity contribution in [1.82, 2.24) is 5.32 Å². The number of amides is 1. The molecule has 0 aromatic carbocycles. The first-order valence-corrected chi connectivity index (χ1v) is 6.36. The molecule has 128 valence electrons. The Bertz CT molecular complexity index is 400. The normalized spacial score (nSPS) is 17.9. The lowest BCUT2D eigenvalue weighted by Crippen LogP contribution is -2.58.